The molecule has 1 aromatic heterocycles. The fraction of sp³-hybridized carbons (Fsp3) is 0.353. The number of nitrogens with zero attached hydrogens (tertiary/aromatic N) is 1. The molecule has 1 aliphatic carbocycles. The van der Waals surface area contributed by atoms with Crippen LogP contribution in [-0.2, 0) is 9.59 Å². The molecular formula is C17H17BrN2O2. The van der Waals surface area contributed by atoms with Gasteiger partial charge >= 0.3 is 0 Å². The molecule has 22 heavy (non-hydrogen) atoms. The van der Waals surface area contributed by atoms with E-state index >= 15 is 0 Å². The number of hydrogen-bond donors (Lipinski definition) is 1. The van der Waals surface area contributed by atoms with Crippen molar-refractivity contribution in [2.24, 2.45) is 11.8 Å². The van der Waals surface area contributed by atoms with Crippen LogP contribution in [0.5, 0.6) is 0 Å². The van der Waals surface area contributed by atoms with Crippen molar-refractivity contribution < 1.29 is 9.59 Å². The number of aldehydes is 1. The second-order valence-corrected chi connectivity index (χ2v) is 6.71. The third kappa shape index (κ3) is 3.35. The summed E-state index contributed by atoms with van der Waals surface area (Å²) < 4.78 is 0.996. The molecule has 0 radical (unpaired) electrons. The Labute approximate surface area is 137 Å². The predicted molar refractivity (Wildman–Crippen MR) is 89.6 cm³/mol. The van der Waals surface area contributed by atoms with Gasteiger partial charge in [0.25, 0.3) is 0 Å². The van der Waals surface area contributed by atoms with Crippen LogP contribution >= 0.6 is 15.9 Å². The molecule has 2 aromatic rings. The van der Waals surface area contributed by atoms with Crippen LogP contribution in [0.1, 0.15) is 25.7 Å². The number of anilines is 1. The van der Waals surface area contributed by atoms with Crippen LogP contribution in [0, 0.1) is 11.8 Å². The monoisotopic (exact) mass is 360 g/mol. The Hall–Kier alpha value is -1.75. The van der Waals surface area contributed by atoms with Crippen LogP contribution in [0.3, 0.4) is 0 Å². The first-order valence-electron chi connectivity index (χ1n) is 7.47. The Morgan fingerprint density at radius 3 is 2.68 bits per heavy atom. The number of fused-ring (bicyclic) bond motifs is 1. The van der Waals surface area contributed by atoms with Crippen LogP contribution in [-0.4, -0.2) is 17.2 Å². The first-order valence-corrected chi connectivity index (χ1v) is 8.26. The molecule has 1 aliphatic rings. The molecular weight excluding hydrogens is 344 g/mol. The van der Waals surface area contributed by atoms with E-state index in [-0.39, 0.29) is 17.7 Å². The molecule has 114 valence electrons. The van der Waals surface area contributed by atoms with Crippen molar-refractivity contribution >= 4 is 44.7 Å². The summed E-state index contributed by atoms with van der Waals surface area (Å²) >= 11 is 3.45. The zero-order valence-electron chi connectivity index (χ0n) is 12.1. The summed E-state index contributed by atoms with van der Waals surface area (Å²) in [6.07, 6.45) is 5.93. The van der Waals surface area contributed by atoms with Gasteiger partial charge in [-0.25, -0.2) is 4.98 Å². The molecule has 3 rings (SSSR count). The van der Waals surface area contributed by atoms with Gasteiger partial charge in [-0.05, 0) is 49.3 Å². The standard InChI is InChI=1S/C17H17BrN2O2/c18-15-6-5-13-9-19-16(8-14(13)7-15)20-17(22)12-3-1-11(10-21)2-4-12/h5-12H,1-4H2,(H,19,20,22)/t11-,12-. The van der Waals surface area contributed by atoms with Crippen molar-refractivity contribution in [2.75, 3.05) is 5.32 Å². The second kappa shape index (κ2) is 6.57. The van der Waals surface area contributed by atoms with Gasteiger partial charge in [-0.15, -0.1) is 0 Å². The van der Waals surface area contributed by atoms with Gasteiger partial charge in [0, 0.05) is 27.9 Å². The van der Waals surface area contributed by atoms with Crippen LogP contribution < -0.4 is 5.32 Å². The summed E-state index contributed by atoms with van der Waals surface area (Å²) in [7, 11) is 0. The quantitative estimate of drug-likeness (QED) is 0.843. The predicted octanol–water partition coefficient (Wildman–Crippen LogP) is 3.94. The summed E-state index contributed by atoms with van der Waals surface area (Å²) in [4.78, 5) is 27.4. The lowest BCUT2D eigenvalue weighted by Crippen LogP contribution is -2.27. The number of pyridine rings is 1. The van der Waals surface area contributed by atoms with E-state index in [4.69, 9.17) is 0 Å². The van der Waals surface area contributed by atoms with Crippen LogP contribution in [0.2, 0.25) is 0 Å². The maximum Gasteiger partial charge on any atom is 0.228 e. The van der Waals surface area contributed by atoms with Gasteiger partial charge in [-0.1, -0.05) is 22.0 Å². The van der Waals surface area contributed by atoms with E-state index in [1.165, 1.54) is 0 Å². The Balaban J connectivity index is 1.70. The number of nitrogens with one attached hydrogen (secondary N) is 1. The summed E-state index contributed by atoms with van der Waals surface area (Å²) in [5.74, 6) is 0.690. The third-order valence-electron chi connectivity index (χ3n) is 4.27. The SMILES string of the molecule is O=C[C@H]1CC[C@H](C(=O)Nc2cc3cc(Br)ccc3cn2)CC1. The summed E-state index contributed by atoms with van der Waals surface area (Å²) in [6.45, 7) is 0. The molecule has 1 fully saturated rings. The number of aromatic nitrogens is 1. The van der Waals surface area contributed by atoms with Gasteiger partial charge in [0.2, 0.25) is 5.91 Å². The molecule has 0 unspecified atom stereocenters. The zero-order chi connectivity index (χ0) is 15.5. The van der Waals surface area contributed by atoms with Crippen LogP contribution in [0.4, 0.5) is 5.82 Å². The largest absolute Gasteiger partial charge is 0.310 e. The van der Waals surface area contributed by atoms with E-state index in [0.29, 0.717) is 5.82 Å². The average Bonchev–Trinajstić information content (AvgIpc) is 2.54. The lowest BCUT2D eigenvalue weighted by Gasteiger charge is -2.24. The molecule has 1 heterocycles. The van der Waals surface area contributed by atoms with Gasteiger partial charge in [-0.2, -0.15) is 0 Å². The molecule has 1 N–H and O–H groups in total. The lowest BCUT2D eigenvalue weighted by molar-refractivity contribution is -0.122. The molecule has 0 saturated heterocycles. The van der Waals surface area contributed by atoms with E-state index in [1.54, 1.807) is 6.20 Å². The second-order valence-electron chi connectivity index (χ2n) is 5.80. The first kappa shape index (κ1) is 15.2. The van der Waals surface area contributed by atoms with Gasteiger partial charge in [0.05, 0.1) is 0 Å². The fourth-order valence-corrected chi connectivity index (χ4v) is 3.30. The minimum atomic E-state index is -0.0174. The number of rotatable bonds is 3. The van der Waals surface area contributed by atoms with Crippen molar-refractivity contribution in [1.29, 1.82) is 0 Å². The number of hydrogen-bond acceptors (Lipinski definition) is 3. The molecule has 1 saturated carbocycles. The number of amides is 1. The number of carbonyl (C=O) groups is 2. The van der Waals surface area contributed by atoms with Crippen molar-refractivity contribution in [3.05, 3.63) is 34.9 Å². The Kier molecular flexibility index (Phi) is 4.52. The van der Waals surface area contributed by atoms with Crippen molar-refractivity contribution in [3.8, 4) is 0 Å². The van der Waals surface area contributed by atoms with E-state index in [1.807, 2.05) is 24.3 Å². The van der Waals surface area contributed by atoms with Crippen molar-refractivity contribution in [2.45, 2.75) is 25.7 Å². The molecule has 0 atom stereocenters. The molecule has 4 nitrogen and oxygen atoms in total. The van der Waals surface area contributed by atoms with E-state index < -0.39 is 0 Å². The maximum absolute atomic E-state index is 12.3. The normalized spacial score (nSPS) is 21.5. The molecule has 0 bridgehead atoms. The van der Waals surface area contributed by atoms with Crippen LogP contribution in [0.25, 0.3) is 10.8 Å². The fourth-order valence-electron chi connectivity index (χ4n) is 2.93. The van der Waals surface area contributed by atoms with Crippen LogP contribution in [0.15, 0.2) is 34.9 Å². The Morgan fingerprint density at radius 2 is 1.95 bits per heavy atom. The summed E-state index contributed by atoms with van der Waals surface area (Å²) in [5.41, 5.74) is 0. The van der Waals surface area contributed by atoms with Gasteiger partial charge in [-0.3, -0.25) is 4.79 Å². The number of benzene rings is 1. The first-order chi connectivity index (χ1) is 10.7. The lowest BCUT2D eigenvalue weighted by atomic mass is 9.82. The van der Waals surface area contributed by atoms with Crippen molar-refractivity contribution in [3.63, 3.8) is 0 Å². The van der Waals surface area contributed by atoms with Gasteiger partial charge < -0.3 is 10.1 Å². The van der Waals surface area contributed by atoms with E-state index in [9.17, 15) is 9.59 Å². The molecule has 1 amide bonds. The highest BCUT2D eigenvalue weighted by atomic mass is 79.9. The highest BCUT2D eigenvalue weighted by molar-refractivity contribution is 9.10. The minimum absolute atomic E-state index is 0.00574. The Bertz CT molecular complexity index is 709. The van der Waals surface area contributed by atoms with Crippen molar-refractivity contribution in [1.82, 2.24) is 4.98 Å². The zero-order valence-corrected chi connectivity index (χ0v) is 13.7. The third-order valence-corrected chi connectivity index (χ3v) is 4.76. The summed E-state index contributed by atoms with van der Waals surface area (Å²) in [5, 5.41) is 4.97. The number of halogens is 1. The summed E-state index contributed by atoms with van der Waals surface area (Å²) in [6, 6.07) is 7.84. The topological polar surface area (TPSA) is 59.1 Å². The number of carbonyl (C=O) groups excluding carboxylic acids is 2. The molecule has 5 heteroatoms. The smallest absolute Gasteiger partial charge is 0.228 e. The maximum atomic E-state index is 12.3. The van der Waals surface area contributed by atoms with Gasteiger partial charge in [0.15, 0.2) is 0 Å². The molecule has 1 aromatic carbocycles. The minimum Gasteiger partial charge on any atom is -0.310 e. The average molecular weight is 361 g/mol. The highest BCUT2D eigenvalue weighted by Gasteiger charge is 2.26. The van der Waals surface area contributed by atoms with E-state index in [0.717, 1.165) is 47.2 Å². The van der Waals surface area contributed by atoms with E-state index in [2.05, 4.69) is 26.2 Å². The highest BCUT2D eigenvalue weighted by Crippen LogP contribution is 2.28. The Morgan fingerprint density at radius 1 is 1.18 bits per heavy atom. The molecule has 0 aliphatic heterocycles. The molecule has 0 spiro atoms. The van der Waals surface area contributed by atoms with Gasteiger partial charge in [0.1, 0.15) is 12.1 Å².